The smallest absolute Gasteiger partial charge is 0.261 e. The third kappa shape index (κ3) is 4.85. The Kier molecular flexibility index (Phi) is 7.13. The molecule has 198 valence electrons. The first-order chi connectivity index (χ1) is 18.3. The minimum Gasteiger partial charge on any atom is -0.508 e. The van der Waals surface area contributed by atoms with E-state index in [0.29, 0.717) is 55.6 Å². The van der Waals surface area contributed by atoms with Crippen molar-refractivity contribution in [2.75, 3.05) is 26.2 Å². The third-order valence-corrected chi connectivity index (χ3v) is 7.41. The summed E-state index contributed by atoms with van der Waals surface area (Å²) in [6.45, 7) is 0.588. The molecule has 2 aromatic rings. The monoisotopic (exact) mass is 519 g/mol. The summed E-state index contributed by atoms with van der Waals surface area (Å²) in [6.07, 6.45) is 2.30. The van der Waals surface area contributed by atoms with Crippen molar-refractivity contribution in [1.82, 2.24) is 14.7 Å². The van der Waals surface area contributed by atoms with Gasteiger partial charge in [0.05, 0.1) is 17.2 Å². The van der Waals surface area contributed by atoms with E-state index >= 15 is 0 Å². The molecule has 4 amide bonds. The molecule has 0 radical (unpaired) electrons. The summed E-state index contributed by atoms with van der Waals surface area (Å²) in [5, 5.41) is 9.39. The van der Waals surface area contributed by atoms with Crippen LogP contribution in [0.1, 0.15) is 52.8 Å². The number of hydrogen-bond acceptors (Lipinski definition) is 7. The Morgan fingerprint density at radius 3 is 2.11 bits per heavy atom. The Morgan fingerprint density at radius 2 is 1.45 bits per heavy atom. The van der Waals surface area contributed by atoms with Gasteiger partial charge in [-0.15, -0.1) is 0 Å². The number of carbonyl (C=O) groups excluding carboxylic acids is 5. The van der Waals surface area contributed by atoms with Gasteiger partial charge in [-0.2, -0.15) is 0 Å². The molecule has 10 nitrogen and oxygen atoms in total. The largest absolute Gasteiger partial charge is 0.508 e. The van der Waals surface area contributed by atoms with Crippen molar-refractivity contribution in [3.63, 3.8) is 0 Å². The molecule has 10 heteroatoms. The Bertz CT molecular complexity index is 1240. The second-order valence-corrected chi connectivity index (χ2v) is 9.74. The van der Waals surface area contributed by atoms with E-state index in [0.717, 1.165) is 4.90 Å². The van der Waals surface area contributed by atoms with Crippen LogP contribution in [0, 0.1) is 0 Å². The quantitative estimate of drug-likeness (QED) is 0.529. The Morgan fingerprint density at radius 1 is 0.842 bits per heavy atom. The van der Waals surface area contributed by atoms with Crippen LogP contribution in [0.2, 0.25) is 0 Å². The van der Waals surface area contributed by atoms with Crippen molar-refractivity contribution in [1.29, 1.82) is 0 Å². The van der Waals surface area contributed by atoms with Crippen LogP contribution in [0.25, 0.3) is 0 Å². The molecule has 3 aliphatic heterocycles. The first-order valence-corrected chi connectivity index (χ1v) is 12.8. The number of fused-ring (bicyclic) bond motifs is 1. The zero-order valence-corrected chi connectivity index (χ0v) is 20.9. The summed E-state index contributed by atoms with van der Waals surface area (Å²) in [5.41, 5.74) is 0.664. The number of ketones is 1. The third-order valence-electron chi connectivity index (χ3n) is 7.41. The van der Waals surface area contributed by atoms with Crippen LogP contribution >= 0.6 is 0 Å². The number of nitrogens with zero attached hydrogens (tertiary/aromatic N) is 3. The number of amides is 4. The molecule has 38 heavy (non-hydrogen) atoms. The number of hydrogen-bond donors (Lipinski definition) is 1. The van der Waals surface area contributed by atoms with Gasteiger partial charge in [-0.25, -0.2) is 0 Å². The highest BCUT2D eigenvalue weighted by Crippen LogP contribution is 2.27. The van der Waals surface area contributed by atoms with Gasteiger partial charge < -0.3 is 19.6 Å². The summed E-state index contributed by atoms with van der Waals surface area (Å²) >= 11 is 0. The number of benzene rings is 2. The number of rotatable bonds is 8. The van der Waals surface area contributed by atoms with Crippen LogP contribution in [0.15, 0.2) is 48.5 Å². The molecular formula is C28H29N3O7. The Labute approximate surface area is 219 Å². The number of phenols is 1. The molecule has 0 spiro atoms. The van der Waals surface area contributed by atoms with E-state index in [9.17, 15) is 29.1 Å². The summed E-state index contributed by atoms with van der Waals surface area (Å²) < 4.78 is 5.55. The van der Waals surface area contributed by atoms with E-state index in [1.807, 2.05) is 0 Å². The van der Waals surface area contributed by atoms with Crippen molar-refractivity contribution in [2.24, 2.45) is 0 Å². The average molecular weight is 520 g/mol. The molecule has 0 saturated carbocycles. The molecule has 0 bridgehead atoms. The van der Waals surface area contributed by atoms with Crippen LogP contribution in [0.4, 0.5) is 0 Å². The second kappa shape index (κ2) is 10.6. The van der Waals surface area contributed by atoms with E-state index in [1.165, 1.54) is 17.0 Å². The standard InChI is InChI=1S/C28H29N3O7/c32-18-9-11-19(12-10-18)38-17-24(33)22-7-3-15-30(22)28(37)23-8-4-14-29(23)25(34)13-16-31-26(35)20-5-1-2-6-21(20)27(31)36/h1-2,5-6,9-12,22-23,32H,3-4,7-8,13-17H2/t22-,23-/m0/s1. The number of carbonyl (C=O) groups is 5. The molecule has 5 rings (SSSR count). The molecule has 0 unspecified atom stereocenters. The molecule has 2 saturated heterocycles. The maximum Gasteiger partial charge on any atom is 0.261 e. The van der Waals surface area contributed by atoms with Gasteiger partial charge in [0.25, 0.3) is 11.8 Å². The van der Waals surface area contributed by atoms with Gasteiger partial charge in [0, 0.05) is 26.1 Å². The lowest BCUT2D eigenvalue weighted by Gasteiger charge is -2.31. The SMILES string of the molecule is O=C(COc1ccc(O)cc1)[C@@H]1CCCN1C(=O)[C@@H]1CCCN1C(=O)CCN1C(=O)c2ccccc2C1=O. The van der Waals surface area contributed by atoms with E-state index < -0.39 is 23.9 Å². The highest BCUT2D eigenvalue weighted by Gasteiger charge is 2.42. The second-order valence-electron chi connectivity index (χ2n) is 9.74. The van der Waals surface area contributed by atoms with E-state index in [1.54, 1.807) is 41.3 Å². The molecule has 2 atom stereocenters. The maximum atomic E-state index is 13.5. The van der Waals surface area contributed by atoms with E-state index in [2.05, 4.69) is 0 Å². The molecule has 2 fully saturated rings. The molecule has 2 aromatic carbocycles. The van der Waals surface area contributed by atoms with Crippen molar-refractivity contribution < 1.29 is 33.8 Å². The van der Waals surface area contributed by atoms with Crippen LogP contribution < -0.4 is 4.74 Å². The number of Topliss-reactive ketones (excluding diaryl/α,β-unsaturated/α-hetero) is 1. The van der Waals surface area contributed by atoms with Crippen molar-refractivity contribution >= 4 is 29.4 Å². The molecule has 3 aliphatic rings. The van der Waals surface area contributed by atoms with Gasteiger partial charge >= 0.3 is 0 Å². The molecule has 3 heterocycles. The Balaban J connectivity index is 1.18. The van der Waals surface area contributed by atoms with Crippen LogP contribution in [-0.2, 0) is 14.4 Å². The number of ether oxygens (including phenoxy) is 1. The first-order valence-electron chi connectivity index (χ1n) is 12.8. The molecule has 0 aliphatic carbocycles. The van der Waals surface area contributed by atoms with Gasteiger partial charge in [-0.05, 0) is 62.1 Å². The summed E-state index contributed by atoms with van der Waals surface area (Å²) in [4.78, 5) is 68.9. The van der Waals surface area contributed by atoms with Gasteiger partial charge in [-0.1, -0.05) is 12.1 Å². The highest BCUT2D eigenvalue weighted by molar-refractivity contribution is 6.21. The number of phenolic OH excluding ortho intramolecular Hbond substituents is 1. The van der Waals surface area contributed by atoms with E-state index in [-0.39, 0.29) is 42.9 Å². The fraction of sp³-hybridized carbons (Fsp3) is 0.393. The fourth-order valence-corrected chi connectivity index (χ4v) is 5.46. The lowest BCUT2D eigenvalue weighted by molar-refractivity contribution is -0.146. The lowest BCUT2D eigenvalue weighted by atomic mass is 10.1. The Hall–Kier alpha value is -4.21. The van der Waals surface area contributed by atoms with Crippen molar-refractivity contribution in [2.45, 2.75) is 44.2 Å². The number of likely N-dealkylation sites (tertiary alicyclic amines) is 2. The highest BCUT2D eigenvalue weighted by atomic mass is 16.5. The minimum atomic E-state index is -0.670. The van der Waals surface area contributed by atoms with Gasteiger partial charge in [0.15, 0.2) is 5.78 Å². The minimum absolute atomic E-state index is 0.0536. The predicted octanol–water partition coefficient (Wildman–Crippen LogP) is 2.01. The summed E-state index contributed by atoms with van der Waals surface area (Å²) in [5.74, 6) is -1.06. The summed E-state index contributed by atoms with van der Waals surface area (Å²) in [7, 11) is 0. The van der Waals surface area contributed by atoms with Crippen LogP contribution in [0.5, 0.6) is 11.5 Å². The van der Waals surface area contributed by atoms with Gasteiger partial charge in [0.1, 0.15) is 24.1 Å². The molecular weight excluding hydrogens is 490 g/mol. The van der Waals surface area contributed by atoms with Crippen molar-refractivity contribution in [3.8, 4) is 11.5 Å². The van der Waals surface area contributed by atoms with Crippen molar-refractivity contribution in [3.05, 3.63) is 59.7 Å². The topological polar surface area (TPSA) is 125 Å². The van der Waals surface area contributed by atoms with Gasteiger partial charge in [-0.3, -0.25) is 28.9 Å². The zero-order valence-electron chi connectivity index (χ0n) is 20.9. The average Bonchev–Trinajstić information content (AvgIpc) is 3.66. The zero-order chi connectivity index (χ0) is 26.8. The maximum absolute atomic E-state index is 13.5. The summed E-state index contributed by atoms with van der Waals surface area (Å²) in [6, 6.07) is 11.3. The van der Waals surface area contributed by atoms with E-state index in [4.69, 9.17) is 4.74 Å². The molecule has 1 N–H and O–H groups in total. The first kappa shape index (κ1) is 25.4. The number of imide groups is 1. The fourth-order valence-electron chi connectivity index (χ4n) is 5.46. The molecule has 0 aromatic heterocycles. The van der Waals surface area contributed by atoms with Gasteiger partial charge in [0.2, 0.25) is 11.8 Å². The normalized spacial score (nSPS) is 20.7. The van der Waals surface area contributed by atoms with Crippen LogP contribution in [-0.4, -0.2) is 87.5 Å². The number of aromatic hydroxyl groups is 1. The van der Waals surface area contributed by atoms with Crippen LogP contribution in [0.3, 0.4) is 0 Å². The predicted molar refractivity (Wildman–Crippen MR) is 135 cm³/mol. The lowest BCUT2D eigenvalue weighted by Crippen LogP contribution is -2.51.